The number of carbonyl (C=O) groups excluding carboxylic acids is 1. The maximum atomic E-state index is 11.1. The van der Waals surface area contributed by atoms with Gasteiger partial charge in [0.1, 0.15) is 12.3 Å². The number of ether oxygens (including phenoxy) is 1. The Morgan fingerprint density at radius 1 is 1.19 bits per heavy atom. The largest absolute Gasteiger partial charge is 0.474 e. The molecule has 8 nitrogen and oxygen atoms in total. The second-order valence-corrected chi connectivity index (χ2v) is 6.45. The zero-order chi connectivity index (χ0) is 18.5. The van der Waals surface area contributed by atoms with Gasteiger partial charge in [0.2, 0.25) is 5.90 Å². The number of urea groups is 1. The minimum Gasteiger partial charge on any atom is -0.474 e. The third-order valence-corrected chi connectivity index (χ3v) is 4.82. The fourth-order valence-corrected chi connectivity index (χ4v) is 3.74. The summed E-state index contributed by atoms with van der Waals surface area (Å²) in [5.41, 5.74) is 19.1. The predicted molar refractivity (Wildman–Crippen MR) is 99.1 cm³/mol. The molecule has 3 aliphatic rings. The number of aryl methyl sites for hydroxylation is 2. The molecular formula is C18H25N5O3. The SMILES string of the molecule is N/C=C(/NO)C1=NCCO1.NC(=O)Nc1c2c(cc3c1CCC3)CCC2. The number of amides is 2. The molecule has 140 valence electrons. The fourth-order valence-electron chi connectivity index (χ4n) is 3.74. The van der Waals surface area contributed by atoms with Crippen LogP contribution in [0, 0.1) is 0 Å². The average molecular weight is 359 g/mol. The third-order valence-electron chi connectivity index (χ3n) is 4.82. The monoisotopic (exact) mass is 359 g/mol. The van der Waals surface area contributed by atoms with Crippen molar-refractivity contribution in [3.63, 3.8) is 0 Å². The van der Waals surface area contributed by atoms with Crippen LogP contribution in [0.4, 0.5) is 10.5 Å². The van der Waals surface area contributed by atoms with Crippen molar-refractivity contribution in [1.82, 2.24) is 5.48 Å². The van der Waals surface area contributed by atoms with Crippen molar-refractivity contribution < 1.29 is 14.7 Å². The molecule has 1 aromatic carbocycles. The van der Waals surface area contributed by atoms with Crippen LogP contribution >= 0.6 is 0 Å². The van der Waals surface area contributed by atoms with Gasteiger partial charge in [-0.2, -0.15) is 0 Å². The van der Waals surface area contributed by atoms with Crippen molar-refractivity contribution in [2.45, 2.75) is 38.5 Å². The van der Waals surface area contributed by atoms with E-state index in [9.17, 15) is 4.79 Å². The minimum absolute atomic E-state index is 0.303. The Balaban J connectivity index is 0.000000170. The highest BCUT2D eigenvalue weighted by Crippen LogP contribution is 2.38. The highest BCUT2D eigenvalue weighted by atomic mass is 16.5. The van der Waals surface area contributed by atoms with Gasteiger partial charge in [-0.25, -0.2) is 9.79 Å². The number of nitrogens with two attached hydrogens (primary N) is 2. The number of benzene rings is 1. The first-order chi connectivity index (χ1) is 12.6. The number of rotatable bonds is 3. The van der Waals surface area contributed by atoms with Crippen LogP contribution in [0.5, 0.6) is 0 Å². The predicted octanol–water partition coefficient (Wildman–Crippen LogP) is 1.35. The van der Waals surface area contributed by atoms with Gasteiger partial charge in [-0.05, 0) is 60.8 Å². The lowest BCUT2D eigenvalue weighted by molar-refractivity contribution is 0.201. The minimum atomic E-state index is -0.436. The maximum absolute atomic E-state index is 11.1. The highest BCUT2D eigenvalue weighted by molar-refractivity contribution is 5.93. The van der Waals surface area contributed by atoms with E-state index in [2.05, 4.69) is 16.4 Å². The summed E-state index contributed by atoms with van der Waals surface area (Å²) in [5.74, 6) is 0.366. The van der Waals surface area contributed by atoms with Crippen molar-refractivity contribution in [1.29, 1.82) is 0 Å². The van der Waals surface area contributed by atoms with Crippen LogP contribution in [0.25, 0.3) is 0 Å². The summed E-state index contributed by atoms with van der Waals surface area (Å²) in [4.78, 5) is 15.0. The molecule has 0 spiro atoms. The van der Waals surface area contributed by atoms with E-state index in [-0.39, 0.29) is 0 Å². The standard InChI is InChI=1S/C13H16N2O.C5H9N3O2/c14-13(16)15-12-10-5-1-3-8(10)7-9-4-2-6-11(9)12;6-3-4(8-9)5-7-1-2-10-5/h7H,1-6H2,(H3,14,15,16);3,8-9H,1-2,6H2/b;4-3+. The molecule has 0 saturated heterocycles. The van der Waals surface area contributed by atoms with E-state index in [0.717, 1.165) is 31.4 Å². The van der Waals surface area contributed by atoms with Gasteiger partial charge in [0.25, 0.3) is 0 Å². The highest BCUT2D eigenvalue weighted by Gasteiger charge is 2.24. The average Bonchev–Trinajstić information content (AvgIpc) is 3.37. The summed E-state index contributed by atoms with van der Waals surface area (Å²) in [5, 5.41) is 11.3. The first kappa shape index (κ1) is 18.1. The lowest BCUT2D eigenvalue weighted by Crippen LogP contribution is -2.21. The third kappa shape index (κ3) is 3.75. The van der Waals surface area contributed by atoms with E-state index >= 15 is 0 Å². The Kier molecular flexibility index (Phi) is 5.62. The van der Waals surface area contributed by atoms with Gasteiger partial charge in [-0.1, -0.05) is 6.07 Å². The molecule has 0 aromatic heterocycles. The summed E-state index contributed by atoms with van der Waals surface area (Å²) >= 11 is 0. The Morgan fingerprint density at radius 2 is 1.85 bits per heavy atom. The normalized spacial score (nSPS) is 17.4. The van der Waals surface area contributed by atoms with Crippen LogP contribution in [-0.2, 0) is 30.4 Å². The molecule has 26 heavy (non-hydrogen) atoms. The van der Waals surface area contributed by atoms with Crippen LogP contribution in [0.1, 0.15) is 35.1 Å². The van der Waals surface area contributed by atoms with E-state index < -0.39 is 6.03 Å². The molecule has 1 heterocycles. The van der Waals surface area contributed by atoms with Gasteiger partial charge in [-0.15, -0.1) is 0 Å². The molecule has 0 unspecified atom stereocenters. The quantitative estimate of drug-likeness (QED) is 0.519. The summed E-state index contributed by atoms with van der Waals surface area (Å²) in [7, 11) is 0. The molecule has 1 aromatic rings. The Labute approximate surface area is 152 Å². The number of hydroxylamine groups is 1. The van der Waals surface area contributed by atoms with E-state index in [0.29, 0.717) is 24.7 Å². The topological polar surface area (TPSA) is 135 Å². The van der Waals surface area contributed by atoms with Gasteiger partial charge in [0.15, 0.2) is 0 Å². The van der Waals surface area contributed by atoms with E-state index in [1.165, 1.54) is 41.3 Å². The number of carbonyl (C=O) groups is 1. The van der Waals surface area contributed by atoms with Crippen LogP contribution in [0.15, 0.2) is 23.0 Å². The summed E-state index contributed by atoms with van der Waals surface area (Å²) in [6.07, 6.45) is 8.06. The summed E-state index contributed by atoms with van der Waals surface area (Å²) in [6, 6.07) is 1.91. The van der Waals surface area contributed by atoms with Crippen LogP contribution < -0.4 is 22.3 Å². The molecule has 0 radical (unpaired) electrons. The van der Waals surface area contributed by atoms with E-state index in [1.807, 2.05) is 5.48 Å². The summed E-state index contributed by atoms with van der Waals surface area (Å²) < 4.78 is 4.98. The molecule has 7 N–H and O–H groups in total. The fraction of sp³-hybridized carbons (Fsp3) is 0.444. The van der Waals surface area contributed by atoms with Crippen molar-refractivity contribution in [3.8, 4) is 0 Å². The molecule has 4 rings (SSSR count). The van der Waals surface area contributed by atoms with Crippen molar-refractivity contribution in [2.24, 2.45) is 16.5 Å². The molecule has 8 heteroatoms. The van der Waals surface area contributed by atoms with Gasteiger partial charge in [-0.3, -0.25) is 10.7 Å². The van der Waals surface area contributed by atoms with Gasteiger partial charge >= 0.3 is 6.03 Å². The number of fused-ring (bicyclic) bond motifs is 2. The molecule has 1 aliphatic heterocycles. The Bertz CT molecular complexity index is 725. The first-order valence-electron chi connectivity index (χ1n) is 8.86. The number of hydrogen-bond donors (Lipinski definition) is 5. The molecule has 2 aliphatic carbocycles. The van der Waals surface area contributed by atoms with Crippen LogP contribution in [0.3, 0.4) is 0 Å². The van der Waals surface area contributed by atoms with Gasteiger partial charge in [0, 0.05) is 11.9 Å². The Morgan fingerprint density at radius 3 is 2.31 bits per heavy atom. The van der Waals surface area contributed by atoms with E-state index in [1.54, 1.807) is 0 Å². The first-order valence-corrected chi connectivity index (χ1v) is 8.86. The Hall–Kier alpha value is -2.74. The van der Waals surface area contributed by atoms with Crippen molar-refractivity contribution in [3.05, 3.63) is 40.2 Å². The van der Waals surface area contributed by atoms with Crippen molar-refractivity contribution in [2.75, 3.05) is 18.5 Å². The zero-order valence-electron chi connectivity index (χ0n) is 14.7. The number of nitrogens with one attached hydrogen (secondary N) is 2. The van der Waals surface area contributed by atoms with Crippen LogP contribution in [-0.4, -0.2) is 30.3 Å². The second kappa shape index (κ2) is 8.09. The summed E-state index contributed by atoms with van der Waals surface area (Å²) in [6.45, 7) is 1.17. The zero-order valence-corrected chi connectivity index (χ0v) is 14.7. The lowest BCUT2D eigenvalue weighted by atomic mass is 9.99. The molecule has 0 saturated carbocycles. The molecule has 0 atom stereocenters. The molecular weight excluding hydrogens is 334 g/mol. The smallest absolute Gasteiger partial charge is 0.316 e. The second-order valence-electron chi connectivity index (χ2n) is 6.45. The number of aliphatic imine (C=N–C) groups is 1. The number of primary amides is 1. The molecule has 0 bridgehead atoms. The lowest BCUT2D eigenvalue weighted by Gasteiger charge is -2.14. The maximum Gasteiger partial charge on any atom is 0.316 e. The molecule has 2 amide bonds. The number of nitrogens with zero attached hydrogens (tertiary/aromatic N) is 1. The van der Waals surface area contributed by atoms with Crippen molar-refractivity contribution >= 4 is 17.6 Å². The number of anilines is 1. The van der Waals surface area contributed by atoms with Crippen LogP contribution in [0.2, 0.25) is 0 Å². The van der Waals surface area contributed by atoms with E-state index in [4.69, 9.17) is 21.4 Å². The van der Waals surface area contributed by atoms with Gasteiger partial charge in [0.05, 0.1) is 6.54 Å². The molecule has 0 fully saturated rings. The number of hydrogen-bond acceptors (Lipinski definition) is 6. The van der Waals surface area contributed by atoms with Gasteiger partial charge < -0.3 is 21.5 Å².